The Bertz CT molecular complexity index is 838. The van der Waals surface area contributed by atoms with Gasteiger partial charge in [-0.3, -0.25) is 4.98 Å². The highest BCUT2D eigenvalue weighted by molar-refractivity contribution is 5.63. The number of benzene rings is 1. The lowest BCUT2D eigenvalue weighted by Gasteiger charge is -2.33. The van der Waals surface area contributed by atoms with E-state index in [9.17, 15) is 9.50 Å². The maximum Gasteiger partial charge on any atom is 0.146 e. The Balaban J connectivity index is 1.40. The van der Waals surface area contributed by atoms with Crippen LogP contribution < -0.4 is 0 Å². The molecule has 0 amide bonds. The third kappa shape index (κ3) is 4.74. The molecular formula is C24H28FNO3. The number of aliphatic hydroxyl groups is 1. The number of halogens is 1. The van der Waals surface area contributed by atoms with Crippen molar-refractivity contribution in [3.05, 3.63) is 60.2 Å². The second-order valence-corrected chi connectivity index (χ2v) is 8.15. The van der Waals surface area contributed by atoms with Gasteiger partial charge in [0.1, 0.15) is 12.6 Å². The summed E-state index contributed by atoms with van der Waals surface area (Å²) < 4.78 is 24.2. The van der Waals surface area contributed by atoms with E-state index in [0.717, 1.165) is 42.5 Å². The Labute approximate surface area is 171 Å². The van der Waals surface area contributed by atoms with Crippen molar-refractivity contribution in [2.45, 2.75) is 37.9 Å². The van der Waals surface area contributed by atoms with Crippen LogP contribution in [0.15, 0.2) is 48.7 Å². The number of fused-ring (bicyclic) bond motifs is 1. The molecule has 0 aliphatic heterocycles. The van der Waals surface area contributed by atoms with Gasteiger partial charge in [-0.1, -0.05) is 24.3 Å². The number of rotatable bonds is 6. The normalized spacial score (nSPS) is 29.3. The van der Waals surface area contributed by atoms with Gasteiger partial charge in [0.25, 0.3) is 0 Å². The molecule has 0 bridgehead atoms. The summed E-state index contributed by atoms with van der Waals surface area (Å²) in [7, 11) is 1.64. The number of aliphatic hydroxyl groups excluding tert-OH is 1. The van der Waals surface area contributed by atoms with Crippen LogP contribution in [0.2, 0.25) is 0 Å². The number of hydrogen-bond acceptors (Lipinski definition) is 4. The first-order valence-electron chi connectivity index (χ1n) is 10.3. The minimum absolute atomic E-state index is 0.160. The second-order valence-electron chi connectivity index (χ2n) is 8.15. The number of hydrogen-bond donors (Lipinski definition) is 1. The van der Waals surface area contributed by atoms with Crippen molar-refractivity contribution >= 4 is 6.08 Å². The monoisotopic (exact) mass is 397 g/mol. The number of methoxy groups -OCH3 is 1. The average Bonchev–Trinajstić information content (AvgIpc) is 3.05. The van der Waals surface area contributed by atoms with Gasteiger partial charge in [-0.05, 0) is 67.4 Å². The van der Waals surface area contributed by atoms with Crippen LogP contribution >= 0.6 is 0 Å². The second kappa shape index (κ2) is 9.16. The molecule has 2 fully saturated rings. The fraction of sp³-hybridized carbons (Fsp3) is 0.458. The van der Waals surface area contributed by atoms with Gasteiger partial charge in [0.15, 0.2) is 0 Å². The van der Waals surface area contributed by atoms with Crippen LogP contribution in [-0.2, 0) is 9.47 Å². The van der Waals surface area contributed by atoms with E-state index in [0.29, 0.717) is 18.6 Å². The Hall–Kier alpha value is -2.08. The maximum absolute atomic E-state index is 13.4. The first-order valence-corrected chi connectivity index (χ1v) is 10.3. The zero-order valence-corrected chi connectivity index (χ0v) is 16.7. The van der Waals surface area contributed by atoms with Gasteiger partial charge in [-0.2, -0.15) is 0 Å². The summed E-state index contributed by atoms with van der Waals surface area (Å²) in [6, 6.07) is 10.4. The van der Waals surface area contributed by atoms with E-state index in [4.69, 9.17) is 9.47 Å². The third-order valence-corrected chi connectivity index (χ3v) is 6.33. The van der Waals surface area contributed by atoms with Crippen molar-refractivity contribution in [1.82, 2.24) is 4.98 Å². The third-order valence-electron chi connectivity index (χ3n) is 6.33. The summed E-state index contributed by atoms with van der Waals surface area (Å²) in [6.45, 7) is 0.339. The van der Waals surface area contributed by atoms with Crippen molar-refractivity contribution in [3.63, 3.8) is 0 Å². The minimum atomic E-state index is -0.311. The minimum Gasteiger partial charge on any atom is -0.392 e. The number of pyridine rings is 1. The largest absolute Gasteiger partial charge is 0.392 e. The van der Waals surface area contributed by atoms with Gasteiger partial charge in [-0.15, -0.1) is 0 Å². The van der Waals surface area contributed by atoms with Crippen molar-refractivity contribution in [2.24, 2.45) is 17.8 Å². The standard InChI is InChI=1S/C24H28FNO3/c1-28-15-29-21-8-10-22-18(12-21)13-24(27)23(22)9-7-20-6-5-17(14-26-20)16-3-2-4-19(25)11-16/h2-7,9,11,14,18,21-24,27H,8,10,12-13,15H2,1H3/b9-7+/t18-,21+,22+,23-,24+/m0/s1. The molecule has 1 N–H and O–H groups in total. The summed E-state index contributed by atoms with van der Waals surface area (Å²) in [5, 5.41) is 10.6. The first-order chi connectivity index (χ1) is 14.1. The predicted octanol–water partition coefficient (Wildman–Crippen LogP) is 4.69. The van der Waals surface area contributed by atoms with Gasteiger partial charge in [0.2, 0.25) is 0 Å². The summed E-state index contributed by atoms with van der Waals surface area (Å²) in [5.74, 6) is 0.903. The zero-order valence-electron chi connectivity index (χ0n) is 16.7. The van der Waals surface area contributed by atoms with Crippen LogP contribution in [0, 0.1) is 23.6 Å². The van der Waals surface area contributed by atoms with E-state index in [2.05, 4.69) is 11.1 Å². The van der Waals surface area contributed by atoms with E-state index in [1.165, 1.54) is 12.1 Å². The molecular weight excluding hydrogens is 369 g/mol. The molecule has 154 valence electrons. The van der Waals surface area contributed by atoms with E-state index in [-0.39, 0.29) is 23.9 Å². The lowest BCUT2D eigenvalue weighted by molar-refractivity contribution is -0.0930. The van der Waals surface area contributed by atoms with Crippen LogP contribution in [0.5, 0.6) is 0 Å². The highest BCUT2D eigenvalue weighted by Crippen LogP contribution is 2.47. The predicted molar refractivity (Wildman–Crippen MR) is 110 cm³/mol. The van der Waals surface area contributed by atoms with Crippen molar-refractivity contribution in [3.8, 4) is 11.1 Å². The van der Waals surface area contributed by atoms with Crippen molar-refractivity contribution in [1.29, 1.82) is 0 Å². The van der Waals surface area contributed by atoms with Crippen molar-refractivity contribution < 1.29 is 19.0 Å². The molecule has 5 atom stereocenters. The van der Waals surface area contributed by atoms with Crippen molar-refractivity contribution in [2.75, 3.05) is 13.9 Å². The lowest BCUT2D eigenvalue weighted by Crippen LogP contribution is -2.29. The van der Waals surface area contributed by atoms with Crippen LogP contribution in [0.25, 0.3) is 17.2 Å². The summed E-state index contributed by atoms with van der Waals surface area (Å²) in [4.78, 5) is 4.50. The van der Waals surface area contributed by atoms with Gasteiger partial charge in [0.05, 0.1) is 17.9 Å². The molecule has 0 radical (unpaired) electrons. The topological polar surface area (TPSA) is 51.6 Å². The van der Waals surface area contributed by atoms with Crippen LogP contribution in [-0.4, -0.2) is 36.2 Å². The van der Waals surface area contributed by atoms with Crippen LogP contribution in [0.4, 0.5) is 4.39 Å². The maximum atomic E-state index is 13.4. The molecule has 5 heteroatoms. The Morgan fingerprint density at radius 3 is 2.83 bits per heavy atom. The summed E-state index contributed by atoms with van der Waals surface area (Å²) in [6.07, 6.45) is 9.72. The molecule has 29 heavy (non-hydrogen) atoms. The van der Waals surface area contributed by atoms with Crippen LogP contribution in [0.1, 0.15) is 31.4 Å². The zero-order chi connectivity index (χ0) is 20.2. The fourth-order valence-corrected chi connectivity index (χ4v) is 4.91. The van der Waals surface area contributed by atoms with Gasteiger partial charge in [-0.25, -0.2) is 4.39 Å². The quantitative estimate of drug-likeness (QED) is 0.719. The summed E-state index contributed by atoms with van der Waals surface area (Å²) >= 11 is 0. The summed E-state index contributed by atoms with van der Waals surface area (Å²) in [5.41, 5.74) is 2.55. The molecule has 2 aliphatic rings. The molecule has 2 aliphatic carbocycles. The molecule has 2 aromatic rings. The number of ether oxygens (including phenoxy) is 2. The highest BCUT2D eigenvalue weighted by Gasteiger charge is 2.44. The Morgan fingerprint density at radius 1 is 1.17 bits per heavy atom. The average molecular weight is 397 g/mol. The fourth-order valence-electron chi connectivity index (χ4n) is 4.91. The number of nitrogens with zero attached hydrogens (tertiary/aromatic N) is 1. The van der Waals surface area contributed by atoms with Gasteiger partial charge >= 0.3 is 0 Å². The lowest BCUT2D eigenvalue weighted by atomic mass is 9.76. The first kappa shape index (κ1) is 20.2. The molecule has 4 rings (SSSR count). The van der Waals surface area contributed by atoms with E-state index in [1.54, 1.807) is 19.4 Å². The molecule has 2 saturated carbocycles. The SMILES string of the molecule is COCO[C@@H]1CC[C@@H]2[C@@H](C1)C[C@@H](O)[C@H]2/C=C/c1ccc(-c2cccc(F)c2)cn1. The van der Waals surface area contributed by atoms with Gasteiger partial charge < -0.3 is 14.6 Å². The molecule has 1 aromatic carbocycles. The van der Waals surface area contributed by atoms with E-state index in [1.807, 2.05) is 24.3 Å². The van der Waals surface area contributed by atoms with E-state index < -0.39 is 0 Å². The van der Waals surface area contributed by atoms with Gasteiger partial charge in [0, 0.05) is 24.8 Å². The molecule has 0 unspecified atom stereocenters. The van der Waals surface area contributed by atoms with E-state index >= 15 is 0 Å². The molecule has 0 spiro atoms. The van der Waals surface area contributed by atoms with Crippen LogP contribution in [0.3, 0.4) is 0 Å². The molecule has 1 heterocycles. The molecule has 4 nitrogen and oxygen atoms in total. The Morgan fingerprint density at radius 2 is 2.07 bits per heavy atom. The smallest absolute Gasteiger partial charge is 0.146 e. The Kier molecular flexibility index (Phi) is 6.38. The molecule has 0 saturated heterocycles. The molecule has 1 aromatic heterocycles. The highest BCUT2D eigenvalue weighted by atomic mass is 19.1. The number of aromatic nitrogens is 1.